The van der Waals surface area contributed by atoms with Gasteiger partial charge in [-0.3, -0.25) is 4.79 Å². The summed E-state index contributed by atoms with van der Waals surface area (Å²) in [7, 11) is -0.775. The van der Waals surface area contributed by atoms with Crippen LogP contribution in [0.5, 0.6) is 5.75 Å². The van der Waals surface area contributed by atoms with Crippen molar-refractivity contribution in [2.75, 3.05) is 25.6 Å². The molecule has 7 nitrogen and oxygen atoms in total. The number of halogens is 2. The first-order valence-corrected chi connectivity index (χ1v) is 12.4. The Hall–Kier alpha value is -2.29. The fourth-order valence-electron chi connectivity index (χ4n) is 4.06. The van der Waals surface area contributed by atoms with Crippen molar-refractivity contribution in [2.45, 2.75) is 37.1 Å². The van der Waals surface area contributed by atoms with E-state index in [-0.39, 0.29) is 22.0 Å². The molecule has 0 N–H and O–H groups in total. The molecule has 0 radical (unpaired) electrons. The minimum Gasteiger partial charge on any atom is -0.496 e. The van der Waals surface area contributed by atoms with Gasteiger partial charge in [-0.15, -0.1) is 4.40 Å². The second kappa shape index (κ2) is 8.92. The van der Waals surface area contributed by atoms with Crippen LogP contribution in [0.25, 0.3) is 0 Å². The van der Waals surface area contributed by atoms with Crippen LogP contribution < -0.4 is 9.64 Å². The largest absolute Gasteiger partial charge is 0.496 e. The molecule has 1 saturated heterocycles. The maximum atomic E-state index is 13.2. The number of anilines is 1. The van der Waals surface area contributed by atoms with E-state index < -0.39 is 15.9 Å². The first-order valence-electron chi connectivity index (χ1n) is 10.2. The molecular formula is C22H23Cl2N3O4S. The third-order valence-electron chi connectivity index (χ3n) is 5.66. The third-order valence-corrected chi connectivity index (χ3v) is 7.55. The molecule has 0 spiro atoms. The number of carbonyl (C=O) groups excluding carboxylic acids is 1. The molecule has 32 heavy (non-hydrogen) atoms. The fourth-order valence-corrected chi connectivity index (χ4v) is 5.76. The number of sulfonamides is 1. The van der Waals surface area contributed by atoms with Crippen LogP contribution >= 0.6 is 23.2 Å². The normalized spacial score (nSPS) is 17.0. The Labute approximate surface area is 197 Å². The summed E-state index contributed by atoms with van der Waals surface area (Å²) in [6, 6.07) is 8.06. The zero-order chi connectivity index (χ0) is 23.0. The van der Waals surface area contributed by atoms with Crippen molar-refractivity contribution in [3.05, 3.63) is 51.5 Å². The molecule has 0 atom stereocenters. The number of amides is 1. The second-order valence-corrected chi connectivity index (χ2v) is 10.3. The smallest absolute Gasteiger partial charge is 0.286 e. The molecule has 0 bridgehead atoms. The van der Waals surface area contributed by atoms with Gasteiger partial charge in [-0.05, 0) is 43.2 Å². The van der Waals surface area contributed by atoms with E-state index in [0.717, 1.165) is 24.8 Å². The van der Waals surface area contributed by atoms with Gasteiger partial charge in [-0.2, -0.15) is 8.42 Å². The molecule has 0 unspecified atom stereocenters. The summed E-state index contributed by atoms with van der Waals surface area (Å²) >= 11 is 12.6. The SMILES string of the molecule is COc1ccc(Cl)cc1CN(C)C(=O)c1cc2c(cc1Cl)N1CCCCCC1=NS2(=O)=O. The third kappa shape index (κ3) is 4.31. The van der Waals surface area contributed by atoms with Crippen LogP contribution in [-0.4, -0.2) is 45.8 Å². The minimum atomic E-state index is -3.92. The zero-order valence-corrected chi connectivity index (χ0v) is 20.1. The standard InChI is InChI=1S/C22H23Cl2N3O4S/c1-26(13-14-10-15(23)7-8-19(14)31-2)22(28)16-11-20-18(12-17(16)24)27-9-5-3-4-6-21(27)25-32(20,29)30/h7-8,10-12H,3-6,9,13H2,1-2H3. The average Bonchev–Trinajstić information content (AvgIpc) is 2.98. The molecular weight excluding hydrogens is 473 g/mol. The van der Waals surface area contributed by atoms with E-state index in [1.807, 2.05) is 4.90 Å². The Morgan fingerprint density at radius 1 is 1.19 bits per heavy atom. The van der Waals surface area contributed by atoms with Crippen molar-refractivity contribution in [2.24, 2.45) is 4.40 Å². The van der Waals surface area contributed by atoms with Gasteiger partial charge in [0, 0.05) is 37.1 Å². The maximum absolute atomic E-state index is 13.2. The molecule has 0 aliphatic carbocycles. The van der Waals surface area contributed by atoms with Gasteiger partial charge in [0.25, 0.3) is 15.9 Å². The lowest BCUT2D eigenvalue weighted by molar-refractivity contribution is 0.0784. The van der Waals surface area contributed by atoms with Crippen molar-refractivity contribution in [1.29, 1.82) is 0 Å². The molecule has 2 heterocycles. The first-order chi connectivity index (χ1) is 15.2. The lowest BCUT2D eigenvalue weighted by atomic mass is 10.1. The van der Waals surface area contributed by atoms with Gasteiger partial charge in [-0.1, -0.05) is 29.6 Å². The Kier molecular flexibility index (Phi) is 6.38. The van der Waals surface area contributed by atoms with Crippen LogP contribution in [-0.2, 0) is 16.6 Å². The molecule has 2 aromatic rings. The first kappa shape index (κ1) is 22.9. The predicted octanol–water partition coefficient (Wildman–Crippen LogP) is 4.76. The van der Waals surface area contributed by atoms with E-state index >= 15 is 0 Å². The van der Waals surface area contributed by atoms with Crippen molar-refractivity contribution >= 4 is 50.7 Å². The lowest BCUT2D eigenvalue weighted by Crippen LogP contribution is -2.35. The highest BCUT2D eigenvalue weighted by atomic mass is 35.5. The summed E-state index contributed by atoms with van der Waals surface area (Å²) in [5.74, 6) is 0.715. The summed E-state index contributed by atoms with van der Waals surface area (Å²) in [6.07, 6.45) is 3.43. The highest BCUT2D eigenvalue weighted by molar-refractivity contribution is 7.90. The maximum Gasteiger partial charge on any atom is 0.286 e. The number of carbonyl (C=O) groups is 1. The average molecular weight is 496 g/mol. The quantitative estimate of drug-likeness (QED) is 0.610. The number of amidine groups is 1. The molecule has 1 amide bonds. The summed E-state index contributed by atoms with van der Waals surface area (Å²) < 4.78 is 35.2. The number of ether oxygens (including phenoxy) is 1. The Balaban J connectivity index is 1.69. The van der Waals surface area contributed by atoms with E-state index in [4.69, 9.17) is 27.9 Å². The van der Waals surface area contributed by atoms with Gasteiger partial charge in [0.15, 0.2) is 0 Å². The Morgan fingerprint density at radius 3 is 2.72 bits per heavy atom. The van der Waals surface area contributed by atoms with E-state index in [1.54, 1.807) is 31.3 Å². The number of rotatable bonds is 4. The van der Waals surface area contributed by atoms with Crippen molar-refractivity contribution in [3.63, 3.8) is 0 Å². The molecule has 1 fully saturated rings. The van der Waals surface area contributed by atoms with Gasteiger partial charge in [-0.25, -0.2) is 0 Å². The summed E-state index contributed by atoms with van der Waals surface area (Å²) in [4.78, 5) is 16.6. The van der Waals surface area contributed by atoms with E-state index in [2.05, 4.69) is 4.40 Å². The van der Waals surface area contributed by atoms with Crippen LogP contribution in [0.3, 0.4) is 0 Å². The van der Waals surface area contributed by atoms with Gasteiger partial charge < -0.3 is 14.5 Å². The molecule has 0 saturated carbocycles. The molecule has 0 aromatic heterocycles. The summed E-state index contributed by atoms with van der Waals surface area (Å²) in [5.41, 5.74) is 1.31. The number of hydrogen-bond donors (Lipinski definition) is 0. The fraction of sp³-hybridized carbons (Fsp3) is 0.364. The number of fused-ring (bicyclic) bond motifs is 3. The number of methoxy groups -OCH3 is 1. The number of nitrogens with zero attached hydrogens (tertiary/aromatic N) is 3. The lowest BCUT2D eigenvalue weighted by Gasteiger charge is -2.30. The number of benzene rings is 2. The van der Waals surface area contributed by atoms with Crippen molar-refractivity contribution in [1.82, 2.24) is 4.90 Å². The molecule has 170 valence electrons. The molecule has 2 aliphatic rings. The monoisotopic (exact) mass is 495 g/mol. The molecule has 4 rings (SSSR count). The van der Waals surface area contributed by atoms with Crippen LogP contribution in [0.2, 0.25) is 10.0 Å². The Bertz CT molecular complexity index is 1210. The predicted molar refractivity (Wildman–Crippen MR) is 126 cm³/mol. The van der Waals surface area contributed by atoms with E-state index in [9.17, 15) is 13.2 Å². The van der Waals surface area contributed by atoms with Crippen LogP contribution in [0.1, 0.15) is 41.6 Å². The van der Waals surface area contributed by atoms with Crippen LogP contribution in [0.15, 0.2) is 39.6 Å². The topological polar surface area (TPSA) is 79.3 Å². The van der Waals surface area contributed by atoms with E-state index in [0.29, 0.717) is 35.3 Å². The number of hydrogen-bond acceptors (Lipinski definition) is 5. The summed E-state index contributed by atoms with van der Waals surface area (Å²) in [5, 5.41) is 0.713. The second-order valence-electron chi connectivity index (χ2n) is 7.86. The summed E-state index contributed by atoms with van der Waals surface area (Å²) in [6.45, 7) is 0.872. The van der Waals surface area contributed by atoms with Crippen LogP contribution in [0, 0.1) is 0 Å². The molecule has 2 aromatic carbocycles. The minimum absolute atomic E-state index is 0.00429. The van der Waals surface area contributed by atoms with Crippen molar-refractivity contribution < 1.29 is 17.9 Å². The van der Waals surface area contributed by atoms with Crippen LogP contribution in [0.4, 0.5) is 5.69 Å². The molecule has 10 heteroatoms. The highest BCUT2D eigenvalue weighted by Gasteiger charge is 2.33. The molecule has 2 aliphatic heterocycles. The highest BCUT2D eigenvalue weighted by Crippen LogP contribution is 2.38. The van der Waals surface area contributed by atoms with E-state index in [1.165, 1.54) is 18.1 Å². The van der Waals surface area contributed by atoms with Crippen molar-refractivity contribution in [3.8, 4) is 5.75 Å². The zero-order valence-electron chi connectivity index (χ0n) is 17.8. The van der Waals surface area contributed by atoms with Gasteiger partial charge >= 0.3 is 0 Å². The van der Waals surface area contributed by atoms with Gasteiger partial charge in [0.05, 0.1) is 23.4 Å². The van der Waals surface area contributed by atoms with Gasteiger partial charge in [0.1, 0.15) is 16.5 Å². The Morgan fingerprint density at radius 2 is 1.97 bits per heavy atom. The van der Waals surface area contributed by atoms with Gasteiger partial charge in [0.2, 0.25) is 0 Å².